The predicted molar refractivity (Wildman–Crippen MR) is 60.4 cm³/mol. The van der Waals surface area contributed by atoms with E-state index in [1.807, 2.05) is 6.92 Å². The smallest absolute Gasteiger partial charge is 0.326 e. The molecule has 1 rings (SSSR count). The van der Waals surface area contributed by atoms with E-state index in [0.29, 0.717) is 6.42 Å². The maximum Gasteiger partial charge on any atom is 0.326 e. The fraction of sp³-hybridized carbons (Fsp3) is 0.455. The van der Waals surface area contributed by atoms with E-state index in [4.69, 9.17) is 5.11 Å². The van der Waals surface area contributed by atoms with Crippen molar-refractivity contribution in [1.82, 2.24) is 15.3 Å². The summed E-state index contributed by atoms with van der Waals surface area (Å²) in [7, 11) is 0. The van der Waals surface area contributed by atoms with Crippen LogP contribution in [-0.2, 0) is 4.79 Å². The molecule has 6 heteroatoms. The van der Waals surface area contributed by atoms with Crippen LogP contribution in [0.25, 0.3) is 0 Å². The van der Waals surface area contributed by atoms with Gasteiger partial charge in [-0.2, -0.15) is 0 Å². The Balaban J connectivity index is 2.75. The summed E-state index contributed by atoms with van der Waals surface area (Å²) in [5.74, 6) is -1.71. The van der Waals surface area contributed by atoms with Crippen LogP contribution in [0.1, 0.15) is 30.8 Å². The highest BCUT2D eigenvalue weighted by Crippen LogP contribution is 2.08. The van der Waals surface area contributed by atoms with Crippen LogP contribution in [0.5, 0.6) is 0 Å². The zero-order valence-corrected chi connectivity index (χ0v) is 9.75. The number of aliphatic carboxylic acids is 1. The molecule has 0 aliphatic carbocycles. The van der Waals surface area contributed by atoms with Crippen LogP contribution in [-0.4, -0.2) is 33.0 Å². The van der Waals surface area contributed by atoms with E-state index in [1.165, 1.54) is 18.6 Å². The Morgan fingerprint density at radius 1 is 1.47 bits per heavy atom. The maximum atomic E-state index is 11.7. The number of carbonyl (C=O) groups is 2. The first kappa shape index (κ1) is 13.1. The molecule has 1 aromatic heterocycles. The zero-order chi connectivity index (χ0) is 12.8. The number of nitrogens with one attached hydrogen (secondary N) is 1. The van der Waals surface area contributed by atoms with Gasteiger partial charge >= 0.3 is 5.97 Å². The van der Waals surface area contributed by atoms with Gasteiger partial charge in [0.05, 0.1) is 6.20 Å². The summed E-state index contributed by atoms with van der Waals surface area (Å²) >= 11 is 0. The second-order valence-corrected chi connectivity index (χ2v) is 3.77. The van der Waals surface area contributed by atoms with Crippen molar-refractivity contribution in [3.63, 3.8) is 0 Å². The van der Waals surface area contributed by atoms with Gasteiger partial charge in [-0.15, -0.1) is 0 Å². The van der Waals surface area contributed by atoms with Crippen molar-refractivity contribution >= 4 is 11.9 Å². The Hall–Kier alpha value is -1.98. The SMILES string of the molecule is CC[C@@H](C)[C@H](NC(=O)c1cnccn1)C(=O)O. The second-order valence-electron chi connectivity index (χ2n) is 3.77. The Bertz CT molecular complexity index is 394. The molecule has 0 aliphatic rings. The Morgan fingerprint density at radius 3 is 2.65 bits per heavy atom. The van der Waals surface area contributed by atoms with E-state index in [2.05, 4.69) is 15.3 Å². The Labute approximate surface area is 99.1 Å². The zero-order valence-electron chi connectivity index (χ0n) is 9.75. The monoisotopic (exact) mass is 237 g/mol. The molecule has 0 unspecified atom stereocenters. The van der Waals surface area contributed by atoms with Gasteiger partial charge in [0.25, 0.3) is 5.91 Å². The minimum absolute atomic E-state index is 0.113. The number of rotatable bonds is 5. The summed E-state index contributed by atoms with van der Waals surface area (Å²) in [6.07, 6.45) is 4.79. The summed E-state index contributed by atoms with van der Waals surface area (Å²) in [4.78, 5) is 30.3. The average Bonchev–Trinajstić information content (AvgIpc) is 2.35. The number of hydrogen-bond donors (Lipinski definition) is 2. The molecule has 6 nitrogen and oxygen atoms in total. The molecular formula is C11H15N3O3. The number of amides is 1. The number of hydrogen-bond acceptors (Lipinski definition) is 4. The first-order chi connectivity index (χ1) is 8.06. The van der Waals surface area contributed by atoms with E-state index >= 15 is 0 Å². The highest BCUT2D eigenvalue weighted by Gasteiger charge is 2.26. The van der Waals surface area contributed by atoms with Crippen molar-refractivity contribution in [1.29, 1.82) is 0 Å². The van der Waals surface area contributed by atoms with Crippen LogP contribution in [0.3, 0.4) is 0 Å². The molecule has 92 valence electrons. The fourth-order valence-corrected chi connectivity index (χ4v) is 1.31. The first-order valence-corrected chi connectivity index (χ1v) is 5.36. The van der Waals surface area contributed by atoms with Gasteiger partial charge in [0.15, 0.2) is 0 Å². The number of carboxylic acid groups (broad SMARTS) is 1. The first-order valence-electron chi connectivity index (χ1n) is 5.36. The molecule has 1 amide bonds. The highest BCUT2D eigenvalue weighted by molar-refractivity contribution is 5.94. The average molecular weight is 237 g/mol. The van der Waals surface area contributed by atoms with Crippen LogP contribution in [0.4, 0.5) is 0 Å². The van der Waals surface area contributed by atoms with Crippen molar-refractivity contribution < 1.29 is 14.7 Å². The molecule has 0 radical (unpaired) electrons. The van der Waals surface area contributed by atoms with E-state index < -0.39 is 17.9 Å². The quantitative estimate of drug-likeness (QED) is 0.786. The molecule has 1 aromatic rings. The highest BCUT2D eigenvalue weighted by atomic mass is 16.4. The molecule has 0 aromatic carbocycles. The normalized spacial score (nSPS) is 13.8. The lowest BCUT2D eigenvalue weighted by Gasteiger charge is -2.19. The third-order valence-corrected chi connectivity index (χ3v) is 2.56. The topological polar surface area (TPSA) is 92.2 Å². The molecule has 1 heterocycles. The van der Waals surface area contributed by atoms with Gasteiger partial charge in [-0.1, -0.05) is 20.3 Å². The summed E-state index contributed by atoms with van der Waals surface area (Å²) in [6, 6.07) is -0.908. The third kappa shape index (κ3) is 3.51. The number of carboxylic acids is 1. The van der Waals surface area contributed by atoms with Gasteiger partial charge in [-0.3, -0.25) is 9.78 Å². The summed E-state index contributed by atoms with van der Waals surface area (Å²) in [5, 5.41) is 11.5. The molecule has 0 bridgehead atoms. The molecule has 0 saturated carbocycles. The molecule has 0 aliphatic heterocycles. The van der Waals surface area contributed by atoms with Crippen molar-refractivity contribution in [2.45, 2.75) is 26.3 Å². The van der Waals surface area contributed by atoms with E-state index in [1.54, 1.807) is 6.92 Å². The molecule has 2 atom stereocenters. The van der Waals surface area contributed by atoms with Crippen LogP contribution in [0.15, 0.2) is 18.6 Å². The minimum Gasteiger partial charge on any atom is -0.480 e. The number of aromatic nitrogens is 2. The van der Waals surface area contributed by atoms with Gasteiger partial charge in [-0.25, -0.2) is 9.78 Å². The van der Waals surface area contributed by atoms with Crippen molar-refractivity contribution in [2.24, 2.45) is 5.92 Å². The summed E-state index contributed by atoms with van der Waals surface area (Å²) in [5.41, 5.74) is 0.113. The standard InChI is InChI=1S/C11H15N3O3/c1-3-7(2)9(11(16)17)14-10(15)8-6-12-4-5-13-8/h4-7,9H,3H2,1-2H3,(H,14,15)(H,16,17)/t7-,9+/m1/s1. The van der Waals surface area contributed by atoms with Gasteiger partial charge in [0, 0.05) is 12.4 Å². The Morgan fingerprint density at radius 2 is 2.18 bits per heavy atom. The minimum atomic E-state index is -1.04. The molecule has 0 spiro atoms. The maximum absolute atomic E-state index is 11.7. The lowest BCUT2D eigenvalue weighted by atomic mass is 9.99. The summed E-state index contributed by atoms with van der Waals surface area (Å²) < 4.78 is 0. The molecular weight excluding hydrogens is 222 g/mol. The largest absolute Gasteiger partial charge is 0.480 e. The van der Waals surface area contributed by atoms with E-state index in [0.717, 1.165) is 0 Å². The Kier molecular flexibility index (Phi) is 4.56. The molecule has 0 saturated heterocycles. The third-order valence-electron chi connectivity index (χ3n) is 2.56. The van der Waals surface area contributed by atoms with Crippen LogP contribution in [0.2, 0.25) is 0 Å². The second kappa shape index (κ2) is 5.93. The van der Waals surface area contributed by atoms with Gasteiger partial charge in [0.1, 0.15) is 11.7 Å². The molecule has 0 fully saturated rings. The lowest BCUT2D eigenvalue weighted by molar-refractivity contribution is -0.140. The molecule has 2 N–H and O–H groups in total. The van der Waals surface area contributed by atoms with Crippen molar-refractivity contribution in [3.05, 3.63) is 24.3 Å². The van der Waals surface area contributed by atoms with Crippen LogP contribution >= 0.6 is 0 Å². The van der Waals surface area contributed by atoms with E-state index in [-0.39, 0.29) is 11.6 Å². The van der Waals surface area contributed by atoms with Crippen LogP contribution in [0, 0.1) is 5.92 Å². The van der Waals surface area contributed by atoms with Crippen molar-refractivity contribution in [2.75, 3.05) is 0 Å². The van der Waals surface area contributed by atoms with Gasteiger partial charge in [-0.05, 0) is 5.92 Å². The van der Waals surface area contributed by atoms with Crippen molar-refractivity contribution in [3.8, 4) is 0 Å². The number of nitrogens with zero attached hydrogens (tertiary/aromatic N) is 2. The lowest BCUT2D eigenvalue weighted by Crippen LogP contribution is -2.45. The number of carbonyl (C=O) groups excluding carboxylic acids is 1. The predicted octanol–water partition coefficient (Wildman–Crippen LogP) is 0.706. The van der Waals surface area contributed by atoms with Gasteiger partial charge in [0.2, 0.25) is 0 Å². The summed E-state index contributed by atoms with van der Waals surface area (Å²) in [6.45, 7) is 3.64. The van der Waals surface area contributed by atoms with E-state index in [9.17, 15) is 9.59 Å². The fourth-order valence-electron chi connectivity index (χ4n) is 1.31. The van der Waals surface area contributed by atoms with Gasteiger partial charge < -0.3 is 10.4 Å². The molecule has 17 heavy (non-hydrogen) atoms. The van der Waals surface area contributed by atoms with Crippen LogP contribution < -0.4 is 5.32 Å².